The lowest BCUT2D eigenvalue weighted by molar-refractivity contribution is 0.194. The van der Waals surface area contributed by atoms with Gasteiger partial charge in [-0.1, -0.05) is 12.1 Å². The van der Waals surface area contributed by atoms with Crippen molar-refractivity contribution < 1.29 is 13.5 Å². The van der Waals surface area contributed by atoms with Gasteiger partial charge < -0.3 is 5.11 Å². The van der Waals surface area contributed by atoms with Gasteiger partial charge in [-0.2, -0.15) is 0 Å². The Labute approximate surface area is 88.8 Å². The molecule has 1 N–H and O–H groups in total. The molecule has 15 heavy (non-hydrogen) atoms. The molecule has 1 aromatic heterocycles. The Morgan fingerprint density at radius 2 is 2.27 bits per heavy atom. The average Bonchev–Trinajstić information content (AvgIpc) is 2.63. The Hall–Kier alpha value is -0.950. The van der Waals surface area contributed by atoms with Gasteiger partial charge in [0, 0.05) is 5.75 Å². The summed E-state index contributed by atoms with van der Waals surface area (Å²) in [4.78, 5) is 0. The van der Waals surface area contributed by atoms with E-state index in [9.17, 15) is 13.5 Å². The van der Waals surface area contributed by atoms with Crippen LogP contribution in [0.4, 0.5) is 0 Å². The van der Waals surface area contributed by atoms with E-state index >= 15 is 0 Å². The molecule has 1 heterocycles. The lowest BCUT2D eigenvalue weighted by Crippen LogP contribution is -2.14. The standard InChI is InChI=1S/C8H15N3O3S/c1-3-15(13,14)5-4-11-6-8(7(2)12)9-10-11/h6-7,12H,3-5H2,1-2H3. The van der Waals surface area contributed by atoms with Gasteiger partial charge in [0.25, 0.3) is 0 Å². The molecule has 0 saturated carbocycles. The van der Waals surface area contributed by atoms with Crippen LogP contribution in [0.5, 0.6) is 0 Å². The summed E-state index contributed by atoms with van der Waals surface area (Å²) < 4.78 is 23.8. The SMILES string of the molecule is CCS(=O)(=O)CCn1cc(C(C)O)nn1. The number of sulfone groups is 1. The second-order valence-corrected chi connectivity index (χ2v) is 5.79. The Bertz CT molecular complexity index is 411. The fourth-order valence-electron chi connectivity index (χ4n) is 0.991. The van der Waals surface area contributed by atoms with Gasteiger partial charge in [-0.05, 0) is 6.92 Å². The molecule has 0 aromatic carbocycles. The van der Waals surface area contributed by atoms with Crippen LogP contribution in [-0.2, 0) is 16.4 Å². The smallest absolute Gasteiger partial charge is 0.151 e. The number of aryl methyl sites for hydroxylation is 1. The van der Waals surface area contributed by atoms with E-state index in [1.54, 1.807) is 20.0 Å². The molecule has 6 nitrogen and oxygen atoms in total. The van der Waals surface area contributed by atoms with Crippen molar-refractivity contribution in [1.82, 2.24) is 15.0 Å². The molecule has 1 aromatic rings. The van der Waals surface area contributed by atoms with Gasteiger partial charge >= 0.3 is 0 Å². The van der Waals surface area contributed by atoms with Gasteiger partial charge in [-0.25, -0.2) is 8.42 Å². The zero-order chi connectivity index (χ0) is 11.5. The molecule has 7 heteroatoms. The summed E-state index contributed by atoms with van der Waals surface area (Å²) in [7, 11) is -2.98. The Kier molecular flexibility index (Phi) is 3.81. The predicted octanol–water partition coefficient (Wildman–Crippen LogP) is -0.234. The van der Waals surface area contributed by atoms with Crippen LogP contribution in [0.1, 0.15) is 25.6 Å². The van der Waals surface area contributed by atoms with Crippen molar-refractivity contribution >= 4 is 9.84 Å². The van der Waals surface area contributed by atoms with Gasteiger partial charge in [-0.15, -0.1) is 5.10 Å². The number of hydrogen-bond donors (Lipinski definition) is 1. The second kappa shape index (κ2) is 4.71. The average molecular weight is 233 g/mol. The number of aliphatic hydroxyl groups is 1. The van der Waals surface area contributed by atoms with E-state index in [1.165, 1.54) is 4.68 Å². The Morgan fingerprint density at radius 1 is 1.60 bits per heavy atom. The molecule has 86 valence electrons. The Morgan fingerprint density at radius 3 is 2.73 bits per heavy atom. The van der Waals surface area contributed by atoms with Crippen molar-refractivity contribution in [2.24, 2.45) is 0 Å². The third-order valence-corrected chi connectivity index (χ3v) is 3.74. The van der Waals surface area contributed by atoms with Crippen LogP contribution < -0.4 is 0 Å². The van der Waals surface area contributed by atoms with Crippen LogP contribution in [-0.4, -0.2) is 40.0 Å². The molecule has 1 atom stereocenters. The number of hydrogen-bond acceptors (Lipinski definition) is 5. The molecule has 0 saturated heterocycles. The summed E-state index contributed by atoms with van der Waals surface area (Å²) in [6.07, 6.45) is 0.872. The zero-order valence-electron chi connectivity index (χ0n) is 8.79. The fraction of sp³-hybridized carbons (Fsp3) is 0.750. The van der Waals surface area contributed by atoms with Gasteiger partial charge in [0.05, 0.1) is 24.6 Å². The molecule has 0 fully saturated rings. The minimum atomic E-state index is -2.98. The molecular weight excluding hydrogens is 218 g/mol. The van der Waals surface area contributed by atoms with E-state index in [2.05, 4.69) is 10.3 Å². The molecule has 0 bridgehead atoms. The lowest BCUT2D eigenvalue weighted by atomic mass is 10.3. The maximum Gasteiger partial charge on any atom is 0.151 e. The van der Waals surface area contributed by atoms with E-state index in [0.717, 1.165) is 0 Å². The van der Waals surface area contributed by atoms with Crippen LogP contribution in [0.2, 0.25) is 0 Å². The van der Waals surface area contributed by atoms with E-state index < -0.39 is 15.9 Å². The van der Waals surface area contributed by atoms with E-state index in [4.69, 9.17) is 0 Å². The molecule has 0 aliphatic carbocycles. The van der Waals surface area contributed by atoms with Crippen molar-refractivity contribution in [2.75, 3.05) is 11.5 Å². The third-order valence-electron chi connectivity index (χ3n) is 2.06. The van der Waals surface area contributed by atoms with Crippen LogP contribution in [0, 0.1) is 0 Å². The summed E-state index contributed by atoms with van der Waals surface area (Å²) in [5, 5.41) is 16.6. The third kappa shape index (κ3) is 3.60. The maximum atomic E-state index is 11.2. The first-order valence-electron chi connectivity index (χ1n) is 4.73. The zero-order valence-corrected chi connectivity index (χ0v) is 9.61. The fourth-order valence-corrected chi connectivity index (χ4v) is 1.74. The molecule has 0 amide bonds. The van der Waals surface area contributed by atoms with Crippen molar-refractivity contribution in [3.8, 4) is 0 Å². The van der Waals surface area contributed by atoms with Crippen LogP contribution >= 0.6 is 0 Å². The maximum absolute atomic E-state index is 11.2. The summed E-state index contributed by atoms with van der Waals surface area (Å²) >= 11 is 0. The van der Waals surface area contributed by atoms with Gasteiger partial charge in [0.2, 0.25) is 0 Å². The highest BCUT2D eigenvalue weighted by Crippen LogP contribution is 2.06. The molecule has 0 aliphatic heterocycles. The molecule has 0 aliphatic rings. The van der Waals surface area contributed by atoms with Gasteiger partial charge in [-0.3, -0.25) is 4.68 Å². The molecule has 1 rings (SSSR count). The predicted molar refractivity (Wildman–Crippen MR) is 55.0 cm³/mol. The number of rotatable bonds is 5. The molecule has 1 unspecified atom stereocenters. The van der Waals surface area contributed by atoms with Crippen molar-refractivity contribution in [3.63, 3.8) is 0 Å². The monoisotopic (exact) mass is 233 g/mol. The summed E-state index contributed by atoms with van der Waals surface area (Å²) in [5.74, 6) is 0.178. The minimum Gasteiger partial charge on any atom is -0.387 e. The number of nitrogens with zero attached hydrogens (tertiary/aromatic N) is 3. The Balaban J connectivity index is 2.59. The summed E-state index contributed by atoms with van der Waals surface area (Å²) in [6, 6.07) is 0. The highest BCUT2D eigenvalue weighted by Gasteiger charge is 2.10. The largest absolute Gasteiger partial charge is 0.387 e. The number of aliphatic hydroxyl groups excluding tert-OH is 1. The highest BCUT2D eigenvalue weighted by atomic mass is 32.2. The molecule has 0 radical (unpaired) electrons. The van der Waals surface area contributed by atoms with Gasteiger partial charge in [0.15, 0.2) is 9.84 Å². The summed E-state index contributed by atoms with van der Waals surface area (Å²) in [6.45, 7) is 3.46. The first-order chi connectivity index (χ1) is 6.94. The molecular formula is C8H15N3O3S. The molecule has 0 spiro atoms. The van der Waals surface area contributed by atoms with Gasteiger partial charge in [0.1, 0.15) is 5.69 Å². The normalized spacial score (nSPS) is 14.1. The second-order valence-electron chi connectivity index (χ2n) is 3.32. The first kappa shape index (κ1) is 12.1. The topological polar surface area (TPSA) is 85.1 Å². The van der Waals surface area contributed by atoms with Crippen LogP contribution in [0.3, 0.4) is 0 Å². The van der Waals surface area contributed by atoms with Crippen molar-refractivity contribution in [1.29, 1.82) is 0 Å². The van der Waals surface area contributed by atoms with Crippen molar-refractivity contribution in [2.45, 2.75) is 26.5 Å². The van der Waals surface area contributed by atoms with Crippen LogP contribution in [0.25, 0.3) is 0 Å². The highest BCUT2D eigenvalue weighted by molar-refractivity contribution is 7.91. The minimum absolute atomic E-state index is 0.0477. The van der Waals surface area contributed by atoms with E-state index in [-0.39, 0.29) is 18.1 Å². The number of aromatic nitrogens is 3. The van der Waals surface area contributed by atoms with Crippen LogP contribution in [0.15, 0.2) is 6.20 Å². The first-order valence-corrected chi connectivity index (χ1v) is 6.55. The quantitative estimate of drug-likeness (QED) is 0.759. The van der Waals surface area contributed by atoms with E-state index in [0.29, 0.717) is 5.69 Å². The van der Waals surface area contributed by atoms with E-state index in [1.807, 2.05) is 0 Å². The lowest BCUT2D eigenvalue weighted by Gasteiger charge is -2.00. The summed E-state index contributed by atoms with van der Waals surface area (Å²) in [5.41, 5.74) is 0.448. The van der Waals surface area contributed by atoms with Crippen molar-refractivity contribution in [3.05, 3.63) is 11.9 Å².